The second kappa shape index (κ2) is 14.9. The summed E-state index contributed by atoms with van der Waals surface area (Å²) in [6.45, 7) is 13.7. The van der Waals surface area contributed by atoms with Crippen LogP contribution in [0, 0.1) is 5.92 Å². The highest BCUT2D eigenvalue weighted by atomic mass is 35.5. The van der Waals surface area contributed by atoms with Gasteiger partial charge in [-0.1, -0.05) is 83.4 Å². The number of esters is 1. The summed E-state index contributed by atoms with van der Waals surface area (Å²) in [6, 6.07) is 8.56. The smallest absolute Gasteiger partial charge is 0.305 e. The van der Waals surface area contributed by atoms with Gasteiger partial charge in [0.25, 0.3) is 0 Å². The van der Waals surface area contributed by atoms with E-state index in [1.54, 1.807) is 0 Å². The number of hydrogen-bond acceptors (Lipinski definition) is 4. The molecule has 2 unspecified atom stereocenters. The van der Waals surface area contributed by atoms with Crippen molar-refractivity contribution in [3.63, 3.8) is 0 Å². The second-order valence-corrected chi connectivity index (χ2v) is 17.5. The van der Waals surface area contributed by atoms with E-state index in [-0.39, 0.29) is 34.3 Å². The lowest BCUT2D eigenvalue weighted by molar-refractivity contribution is -0.140. The highest BCUT2D eigenvalue weighted by Crippen LogP contribution is 2.49. The van der Waals surface area contributed by atoms with Crippen LogP contribution in [0.1, 0.15) is 109 Å². The van der Waals surface area contributed by atoms with Crippen LogP contribution in [0.5, 0.6) is 0 Å². The number of carbonyl (C=O) groups excluding carboxylic acids is 1. The van der Waals surface area contributed by atoms with E-state index < -0.39 is 14.4 Å². The largest absolute Gasteiger partial charge is 0.469 e. The predicted octanol–water partition coefficient (Wildman–Crippen LogP) is 8.69. The van der Waals surface area contributed by atoms with Crippen LogP contribution < -0.4 is 0 Å². The van der Waals surface area contributed by atoms with Crippen molar-refractivity contribution >= 4 is 25.9 Å². The van der Waals surface area contributed by atoms with Crippen molar-refractivity contribution in [3.8, 4) is 0 Å². The molecule has 1 aliphatic carbocycles. The van der Waals surface area contributed by atoms with Crippen LogP contribution in [-0.4, -0.2) is 38.0 Å². The second-order valence-electron chi connectivity index (χ2n) is 12.2. The Kier molecular flexibility index (Phi) is 12.9. The Morgan fingerprint density at radius 3 is 2.43 bits per heavy atom. The summed E-state index contributed by atoms with van der Waals surface area (Å²) in [7, 11) is -0.543. The number of halogens is 1. The molecular weight excluding hydrogens is 500 g/mol. The molecule has 1 saturated carbocycles. The Hall–Kier alpha value is -1.14. The summed E-state index contributed by atoms with van der Waals surface area (Å²) in [5, 5.41) is 10.8. The highest BCUT2D eigenvalue weighted by Gasteiger charge is 2.48. The van der Waals surface area contributed by atoms with Crippen LogP contribution in [0.15, 0.2) is 36.4 Å². The first-order valence-corrected chi connectivity index (χ1v) is 17.6. The number of benzene rings is 1. The molecule has 1 fully saturated rings. The number of aliphatic hydroxyl groups is 1. The van der Waals surface area contributed by atoms with Crippen molar-refractivity contribution < 1.29 is 19.1 Å². The minimum absolute atomic E-state index is 0.0406. The van der Waals surface area contributed by atoms with Crippen molar-refractivity contribution in [1.82, 2.24) is 0 Å². The molecule has 1 aliphatic rings. The summed E-state index contributed by atoms with van der Waals surface area (Å²) in [6.07, 6.45) is 12.1. The van der Waals surface area contributed by atoms with Gasteiger partial charge in [-0.05, 0) is 67.3 Å². The zero-order chi connectivity index (χ0) is 27.6. The first kappa shape index (κ1) is 32.1. The fourth-order valence-electron chi connectivity index (χ4n) is 5.01. The number of aliphatic hydroxyl groups excluding tert-OH is 1. The van der Waals surface area contributed by atoms with E-state index in [1.807, 2.05) is 0 Å². The topological polar surface area (TPSA) is 55.8 Å². The normalized spacial score (nSPS) is 23.5. The lowest BCUT2D eigenvalue weighted by atomic mass is 9.84. The van der Waals surface area contributed by atoms with E-state index in [2.05, 4.69) is 77.2 Å². The zero-order valence-electron chi connectivity index (χ0n) is 24.3. The van der Waals surface area contributed by atoms with Gasteiger partial charge in [0.1, 0.15) is 0 Å². The Morgan fingerprint density at radius 2 is 1.84 bits per heavy atom. The molecule has 1 N–H and O–H groups in total. The molecule has 0 aromatic heterocycles. The van der Waals surface area contributed by atoms with Crippen LogP contribution in [-0.2, 0) is 14.0 Å². The van der Waals surface area contributed by atoms with Gasteiger partial charge in [0, 0.05) is 17.7 Å². The number of carbonyl (C=O) groups is 1. The van der Waals surface area contributed by atoms with Crippen LogP contribution >= 0.6 is 11.6 Å². The lowest BCUT2D eigenvalue weighted by Crippen LogP contribution is -2.44. The number of hydrogen-bond donors (Lipinski definition) is 1. The van der Waals surface area contributed by atoms with E-state index >= 15 is 0 Å². The number of rotatable bonds is 14. The zero-order valence-corrected chi connectivity index (χ0v) is 26.0. The molecule has 4 nitrogen and oxygen atoms in total. The van der Waals surface area contributed by atoms with Gasteiger partial charge in [-0.15, -0.1) is 11.6 Å². The number of alkyl halides is 1. The molecule has 0 bridgehead atoms. The number of methoxy groups -OCH3 is 1. The van der Waals surface area contributed by atoms with Crippen molar-refractivity contribution in [1.29, 1.82) is 0 Å². The van der Waals surface area contributed by atoms with E-state index in [0.29, 0.717) is 6.42 Å². The van der Waals surface area contributed by atoms with Crippen molar-refractivity contribution in [2.24, 2.45) is 5.92 Å². The van der Waals surface area contributed by atoms with Crippen molar-refractivity contribution in [2.45, 2.75) is 127 Å². The first-order chi connectivity index (χ1) is 17.4. The molecule has 0 amide bonds. The standard InChI is InChI=1S/C31H51ClO4Si/c1-8-9-12-16-27(33)23-18-20-24(21-19-23)30-25(15-13-10-11-14-17-29(34)35-5)26(32)22-28(30)36-37(6,7)31(2,3)4/h10,13,18-21,25-28,30,33H,8-9,11-12,14-17,22H2,1-7H3/b13-10-/t25?,26-,27?,28+,30-/m1/s1. The molecule has 0 saturated heterocycles. The molecular formula is C31H51ClO4Si. The molecule has 0 heterocycles. The van der Waals surface area contributed by atoms with Crippen LogP contribution in [0.4, 0.5) is 0 Å². The van der Waals surface area contributed by atoms with Gasteiger partial charge in [-0.25, -0.2) is 0 Å². The molecule has 1 aromatic carbocycles. The molecule has 2 rings (SSSR count). The van der Waals surface area contributed by atoms with Crippen LogP contribution in [0.2, 0.25) is 18.1 Å². The Balaban J connectivity index is 2.20. The molecule has 210 valence electrons. The number of unbranched alkanes of at least 4 members (excludes halogenated alkanes) is 3. The fraction of sp³-hybridized carbons (Fsp3) is 0.710. The monoisotopic (exact) mass is 550 g/mol. The fourth-order valence-corrected chi connectivity index (χ4v) is 6.80. The SMILES string of the molecule is CCCCCC(O)c1ccc([C@@H]2C(C/C=C\CCCC(=O)OC)[C@H](Cl)C[C@@H]2O[Si](C)(C)C(C)(C)C)cc1. The Bertz CT molecular complexity index is 846. The summed E-state index contributed by atoms with van der Waals surface area (Å²) in [4.78, 5) is 11.4. The third-order valence-electron chi connectivity index (χ3n) is 8.38. The van der Waals surface area contributed by atoms with E-state index in [0.717, 1.165) is 56.9 Å². The number of allylic oxidation sites excluding steroid dienone is 2. The summed E-state index contributed by atoms with van der Waals surface area (Å²) < 4.78 is 11.7. The summed E-state index contributed by atoms with van der Waals surface area (Å²) in [5.74, 6) is 0.325. The van der Waals surface area contributed by atoms with Gasteiger partial charge in [-0.3, -0.25) is 4.79 Å². The third-order valence-corrected chi connectivity index (χ3v) is 13.4. The number of ether oxygens (including phenoxy) is 1. The average molecular weight is 551 g/mol. The van der Waals surface area contributed by atoms with E-state index in [4.69, 9.17) is 20.8 Å². The molecule has 0 spiro atoms. The quantitative estimate of drug-likeness (QED) is 0.0827. The molecule has 1 aromatic rings. The average Bonchev–Trinajstić information content (AvgIpc) is 3.14. The molecule has 0 aliphatic heterocycles. The maximum Gasteiger partial charge on any atom is 0.305 e. The van der Waals surface area contributed by atoms with Crippen molar-refractivity contribution in [2.75, 3.05) is 7.11 Å². The predicted molar refractivity (Wildman–Crippen MR) is 158 cm³/mol. The molecule has 37 heavy (non-hydrogen) atoms. The van der Waals surface area contributed by atoms with Gasteiger partial charge >= 0.3 is 5.97 Å². The molecule has 6 heteroatoms. The maximum absolute atomic E-state index is 11.4. The molecule has 5 atom stereocenters. The minimum atomic E-state index is -1.98. The van der Waals surface area contributed by atoms with Crippen molar-refractivity contribution in [3.05, 3.63) is 47.5 Å². The van der Waals surface area contributed by atoms with Gasteiger partial charge in [0.2, 0.25) is 0 Å². The van der Waals surface area contributed by atoms with Gasteiger partial charge < -0.3 is 14.3 Å². The minimum Gasteiger partial charge on any atom is -0.469 e. The van der Waals surface area contributed by atoms with Crippen LogP contribution in [0.3, 0.4) is 0 Å². The van der Waals surface area contributed by atoms with Gasteiger partial charge in [0.05, 0.1) is 19.3 Å². The molecule has 0 radical (unpaired) electrons. The van der Waals surface area contributed by atoms with E-state index in [9.17, 15) is 9.90 Å². The summed E-state index contributed by atoms with van der Waals surface area (Å²) in [5.41, 5.74) is 2.24. The van der Waals surface area contributed by atoms with Gasteiger partial charge in [-0.2, -0.15) is 0 Å². The Labute approximate surface area is 232 Å². The van der Waals surface area contributed by atoms with E-state index in [1.165, 1.54) is 12.7 Å². The highest BCUT2D eigenvalue weighted by molar-refractivity contribution is 6.74. The third kappa shape index (κ3) is 9.52. The maximum atomic E-state index is 11.4. The summed E-state index contributed by atoms with van der Waals surface area (Å²) >= 11 is 7.01. The van der Waals surface area contributed by atoms with Crippen LogP contribution in [0.25, 0.3) is 0 Å². The van der Waals surface area contributed by atoms with Gasteiger partial charge in [0.15, 0.2) is 8.32 Å². The Morgan fingerprint density at radius 1 is 1.16 bits per heavy atom. The first-order valence-electron chi connectivity index (χ1n) is 14.2. The lowest BCUT2D eigenvalue weighted by Gasteiger charge is -2.40.